The van der Waals surface area contributed by atoms with Crippen LogP contribution in [-0.4, -0.2) is 17.6 Å². The molecule has 0 atom stereocenters. The SMILES string of the molecule is CCOC(=O)Cc1c[nH]c(C(F)F)c(N)c1=O. The van der Waals surface area contributed by atoms with Gasteiger partial charge in [0.15, 0.2) is 0 Å². The van der Waals surface area contributed by atoms with Gasteiger partial charge in [0.2, 0.25) is 5.43 Å². The van der Waals surface area contributed by atoms with Crippen LogP contribution in [0.5, 0.6) is 0 Å². The summed E-state index contributed by atoms with van der Waals surface area (Å²) in [5.74, 6) is -0.609. The summed E-state index contributed by atoms with van der Waals surface area (Å²) in [6, 6.07) is 0. The quantitative estimate of drug-likeness (QED) is 0.776. The molecule has 0 saturated carbocycles. The van der Waals surface area contributed by atoms with Crippen molar-refractivity contribution in [2.24, 2.45) is 0 Å². The Morgan fingerprint density at radius 1 is 1.59 bits per heavy atom. The van der Waals surface area contributed by atoms with E-state index in [2.05, 4.69) is 9.72 Å². The zero-order valence-corrected chi connectivity index (χ0v) is 9.13. The van der Waals surface area contributed by atoms with Crippen molar-refractivity contribution < 1.29 is 18.3 Å². The molecule has 1 rings (SSSR count). The first-order valence-corrected chi connectivity index (χ1v) is 4.91. The van der Waals surface area contributed by atoms with E-state index in [1.54, 1.807) is 6.92 Å². The Balaban J connectivity index is 3.01. The second-order valence-corrected chi connectivity index (χ2v) is 3.25. The van der Waals surface area contributed by atoms with Crippen molar-refractivity contribution in [3.05, 3.63) is 27.7 Å². The van der Waals surface area contributed by atoms with E-state index in [0.717, 1.165) is 6.20 Å². The third-order valence-electron chi connectivity index (χ3n) is 2.09. The van der Waals surface area contributed by atoms with Gasteiger partial charge in [0, 0.05) is 11.8 Å². The molecule has 0 aliphatic heterocycles. The van der Waals surface area contributed by atoms with E-state index >= 15 is 0 Å². The second kappa shape index (κ2) is 5.42. The molecule has 0 bridgehead atoms. The molecule has 3 N–H and O–H groups in total. The number of carbonyl (C=O) groups is 1. The Morgan fingerprint density at radius 2 is 2.24 bits per heavy atom. The Kier molecular flexibility index (Phi) is 4.19. The van der Waals surface area contributed by atoms with Crippen LogP contribution in [0.25, 0.3) is 0 Å². The lowest BCUT2D eigenvalue weighted by atomic mass is 10.1. The molecule has 17 heavy (non-hydrogen) atoms. The topological polar surface area (TPSA) is 85.2 Å². The van der Waals surface area contributed by atoms with Crippen molar-refractivity contribution >= 4 is 11.7 Å². The summed E-state index contributed by atoms with van der Waals surface area (Å²) in [6.07, 6.45) is -2.10. The molecule has 0 aromatic carbocycles. The molecule has 0 saturated heterocycles. The number of aromatic nitrogens is 1. The number of alkyl halides is 2. The molecule has 0 unspecified atom stereocenters. The van der Waals surface area contributed by atoms with Gasteiger partial charge in [-0.25, -0.2) is 8.78 Å². The van der Waals surface area contributed by atoms with Gasteiger partial charge >= 0.3 is 5.97 Å². The number of hydrogen-bond donors (Lipinski definition) is 2. The third-order valence-corrected chi connectivity index (χ3v) is 2.09. The second-order valence-electron chi connectivity index (χ2n) is 3.25. The zero-order valence-electron chi connectivity index (χ0n) is 9.13. The Hall–Kier alpha value is -1.92. The predicted octanol–water partition coefficient (Wildman–Crippen LogP) is 1.00. The monoisotopic (exact) mass is 246 g/mol. The van der Waals surface area contributed by atoms with Gasteiger partial charge in [-0.05, 0) is 6.92 Å². The molecule has 1 aromatic heterocycles. The lowest BCUT2D eigenvalue weighted by Gasteiger charge is -2.06. The summed E-state index contributed by atoms with van der Waals surface area (Å²) < 4.78 is 29.4. The average Bonchev–Trinajstić information content (AvgIpc) is 2.25. The first kappa shape index (κ1) is 13.1. The van der Waals surface area contributed by atoms with Gasteiger partial charge in [-0.2, -0.15) is 0 Å². The number of carbonyl (C=O) groups excluding carboxylic acids is 1. The number of pyridine rings is 1. The molecule has 7 heteroatoms. The van der Waals surface area contributed by atoms with Crippen molar-refractivity contribution in [2.45, 2.75) is 19.8 Å². The minimum Gasteiger partial charge on any atom is -0.466 e. The number of nitrogens with two attached hydrogens (primary N) is 1. The smallest absolute Gasteiger partial charge is 0.310 e. The molecule has 0 radical (unpaired) electrons. The van der Waals surface area contributed by atoms with Gasteiger partial charge in [0.25, 0.3) is 6.43 Å². The largest absolute Gasteiger partial charge is 0.466 e. The van der Waals surface area contributed by atoms with Gasteiger partial charge in [0.05, 0.1) is 13.0 Å². The Labute approximate surface area is 95.6 Å². The molecule has 0 fully saturated rings. The summed E-state index contributed by atoms with van der Waals surface area (Å²) in [5.41, 5.74) is 3.29. The number of aromatic amines is 1. The number of esters is 1. The van der Waals surface area contributed by atoms with Gasteiger partial charge in [-0.3, -0.25) is 9.59 Å². The number of anilines is 1. The highest BCUT2D eigenvalue weighted by Crippen LogP contribution is 2.19. The highest BCUT2D eigenvalue weighted by Gasteiger charge is 2.17. The lowest BCUT2D eigenvalue weighted by Crippen LogP contribution is -2.21. The van der Waals surface area contributed by atoms with Crippen LogP contribution < -0.4 is 11.2 Å². The molecule has 0 spiro atoms. The summed E-state index contributed by atoms with van der Waals surface area (Å²) >= 11 is 0. The van der Waals surface area contributed by atoms with Crippen LogP contribution in [0, 0.1) is 0 Å². The van der Waals surface area contributed by atoms with Crippen molar-refractivity contribution in [1.29, 1.82) is 0 Å². The van der Waals surface area contributed by atoms with Crippen molar-refractivity contribution in [1.82, 2.24) is 4.98 Å². The minimum absolute atomic E-state index is 0.00495. The van der Waals surface area contributed by atoms with Crippen molar-refractivity contribution in [2.75, 3.05) is 12.3 Å². The van der Waals surface area contributed by atoms with Crippen LogP contribution >= 0.6 is 0 Å². The molecule has 5 nitrogen and oxygen atoms in total. The first-order chi connectivity index (χ1) is 7.97. The third kappa shape index (κ3) is 3.02. The van der Waals surface area contributed by atoms with Gasteiger partial charge in [0.1, 0.15) is 11.4 Å². The lowest BCUT2D eigenvalue weighted by molar-refractivity contribution is -0.142. The average molecular weight is 246 g/mol. The first-order valence-electron chi connectivity index (χ1n) is 4.91. The molecule has 0 aliphatic carbocycles. The van der Waals surface area contributed by atoms with E-state index < -0.39 is 29.2 Å². The van der Waals surface area contributed by atoms with Gasteiger partial charge < -0.3 is 15.5 Å². The van der Waals surface area contributed by atoms with E-state index in [0.29, 0.717) is 0 Å². The van der Waals surface area contributed by atoms with Crippen LogP contribution in [0.1, 0.15) is 24.6 Å². The maximum atomic E-state index is 12.4. The molecular formula is C10H12F2N2O3. The molecule has 0 amide bonds. The zero-order chi connectivity index (χ0) is 13.0. The highest BCUT2D eigenvalue weighted by molar-refractivity contribution is 5.72. The number of nitrogen functional groups attached to an aromatic ring is 1. The van der Waals surface area contributed by atoms with Crippen LogP contribution in [0.2, 0.25) is 0 Å². The fourth-order valence-corrected chi connectivity index (χ4v) is 1.28. The van der Waals surface area contributed by atoms with E-state index in [1.165, 1.54) is 0 Å². The summed E-state index contributed by atoms with van der Waals surface area (Å²) in [7, 11) is 0. The van der Waals surface area contributed by atoms with E-state index in [9.17, 15) is 18.4 Å². The fourth-order valence-electron chi connectivity index (χ4n) is 1.28. The van der Waals surface area contributed by atoms with Crippen molar-refractivity contribution in [3.63, 3.8) is 0 Å². The molecule has 1 aromatic rings. The summed E-state index contributed by atoms with van der Waals surface area (Å²) in [5, 5.41) is 0. The van der Waals surface area contributed by atoms with E-state index in [4.69, 9.17) is 5.73 Å². The summed E-state index contributed by atoms with van der Waals surface area (Å²) in [6.45, 7) is 1.80. The van der Waals surface area contributed by atoms with Gasteiger partial charge in [-0.15, -0.1) is 0 Å². The minimum atomic E-state index is -2.86. The Bertz CT molecular complexity index is 471. The Morgan fingerprint density at radius 3 is 2.76 bits per heavy atom. The maximum absolute atomic E-state index is 12.4. The fraction of sp³-hybridized carbons (Fsp3) is 0.400. The normalized spacial score (nSPS) is 10.6. The van der Waals surface area contributed by atoms with Gasteiger partial charge in [-0.1, -0.05) is 0 Å². The van der Waals surface area contributed by atoms with Crippen LogP contribution in [0.4, 0.5) is 14.5 Å². The maximum Gasteiger partial charge on any atom is 0.310 e. The number of nitrogens with one attached hydrogen (secondary N) is 1. The van der Waals surface area contributed by atoms with Crippen molar-refractivity contribution in [3.8, 4) is 0 Å². The van der Waals surface area contributed by atoms with Crippen LogP contribution in [-0.2, 0) is 16.0 Å². The molecule has 0 aliphatic rings. The number of halogens is 2. The summed E-state index contributed by atoms with van der Waals surface area (Å²) in [4.78, 5) is 24.9. The molecule has 1 heterocycles. The van der Waals surface area contributed by atoms with Crippen LogP contribution in [0.15, 0.2) is 11.0 Å². The van der Waals surface area contributed by atoms with E-state index in [1.807, 2.05) is 0 Å². The number of rotatable bonds is 4. The number of H-pyrrole nitrogens is 1. The predicted molar refractivity (Wildman–Crippen MR) is 56.8 cm³/mol. The van der Waals surface area contributed by atoms with Crippen LogP contribution in [0.3, 0.4) is 0 Å². The molecular weight excluding hydrogens is 234 g/mol. The molecule has 94 valence electrons. The highest BCUT2D eigenvalue weighted by atomic mass is 19.3. The number of hydrogen-bond acceptors (Lipinski definition) is 4. The van der Waals surface area contributed by atoms with E-state index in [-0.39, 0.29) is 18.6 Å². The number of ether oxygens (including phenoxy) is 1. The standard InChI is InChI=1S/C10H12F2N2O3/c1-2-17-6(15)3-5-4-14-8(10(11)12)7(13)9(5)16/h4,10H,2-3,13H2,1H3,(H,14,16).